The van der Waals surface area contributed by atoms with Gasteiger partial charge in [0, 0.05) is 35.7 Å². The third-order valence-corrected chi connectivity index (χ3v) is 5.70. The number of hydrogen-bond donors (Lipinski definition) is 1. The Morgan fingerprint density at radius 3 is 2.91 bits per heavy atom. The second-order valence-corrected chi connectivity index (χ2v) is 8.00. The molecule has 0 spiro atoms. The molecule has 7 heteroatoms. The van der Waals surface area contributed by atoms with Gasteiger partial charge in [0.15, 0.2) is 11.6 Å². The van der Waals surface area contributed by atoms with Crippen LogP contribution in [0, 0.1) is 12.7 Å². The number of nitrogens with one attached hydrogen (secondary N) is 1. The summed E-state index contributed by atoms with van der Waals surface area (Å²) in [6.45, 7) is 4.68. The lowest BCUT2D eigenvalue weighted by molar-refractivity contribution is 0.0922. The van der Waals surface area contributed by atoms with Gasteiger partial charge >= 0.3 is 0 Å². The van der Waals surface area contributed by atoms with Gasteiger partial charge in [-0.25, -0.2) is 4.39 Å². The van der Waals surface area contributed by atoms with Crippen LogP contribution >= 0.6 is 0 Å². The number of pyridine rings is 1. The lowest BCUT2D eigenvalue weighted by Crippen LogP contribution is -2.35. The molecular formula is C25H23FN4O2. The Balaban J connectivity index is 1.32. The number of nitrogens with zero attached hydrogens (tertiary/aromatic N) is 3. The molecule has 1 amide bonds. The zero-order chi connectivity index (χ0) is 22.2. The fourth-order valence-electron chi connectivity index (χ4n) is 4.16. The van der Waals surface area contributed by atoms with Crippen LogP contribution in [0.15, 0.2) is 54.7 Å². The van der Waals surface area contributed by atoms with Gasteiger partial charge in [-0.2, -0.15) is 5.10 Å². The van der Waals surface area contributed by atoms with Crippen molar-refractivity contribution in [2.45, 2.75) is 32.9 Å². The summed E-state index contributed by atoms with van der Waals surface area (Å²) in [7, 11) is 0. The molecule has 1 N–H and O–H groups in total. The predicted octanol–water partition coefficient (Wildman–Crippen LogP) is 4.30. The topological polar surface area (TPSA) is 69.0 Å². The maximum Gasteiger partial charge on any atom is 0.269 e. The number of fused-ring (bicyclic) bond motifs is 2. The van der Waals surface area contributed by atoms with Crippen LogP contribution in [0.4, 0.5) is 4.39 Å². The quantitative estimate of drug-likeness (QED) is 0.513. The van der Waals surface area contributed by atoms with E-state index in [0.29, 0.717) is 18.7 Å². The van der Waals surface area contributed by atoms with Gasteiger partial charge in [-0.15, -0.1) is 0 Å². The molecule has 32 heavy (non-hydrogen) atoms. The number of carbonyl (C=O) groups is 1. The molecule has 1 aliphatic rings. The van der Waals surface area contributed by atoms with Crippen LogP contribution in [-0.2, 0) is 13.0 Å². The fourth-order valence-corrected chi connectivity index (χ4v) is 4.16. The van der Waals surface area contributed by atoms with Crippen LogP contribution in [-0.4, -0.2) is 33.3 Å². The molecule has 162 valence electrons. The minimum Gasteiger partial charge on any atom is -0.485 e. The summed E-state index contributed by atoms with van der Waals surface area (Å²) in [5, 5.41) is 8.20. The molecule has 0 radical (unpaired) electrons. The number of aryl methyl sites for hydroxylation is 2. The number of ether oxygens (including phenoxy) is 1. The zero-order valence-electron chi connectivity index (χ0n) is 17.9. The summed E-state index contributed by atoms with van der Waals surface area (Å²) in [6, 6.07) is 15.0. The zero-order valence-corrected chi connectivity index (χ0v) is 17.9. The fraction of sp³-hybridized carbons (Fsp3) is 0.240. The molecule has 0 saturated carbocycles. The monoisotopic (exact) mass is 430 g/mol. The van der Waals surface area contributed by atoms with Gasteiger partial charge in [0.2, 0.25) is 0 Å². The summed E-state index contributed by atoms with van der Waals surface area (Å²) < 4.78 is 22.3. The van der Waals surface area contributed by atoms with E-state index in [1.54, 1.807) is 16.9 Å². The van der Waals surface area contributed by atoms with Gasteiger partial charge < -0.3 is 10.1 Å². The number of benzene rings is 2. The van der Waals surface area contributed by atoms with Crippen molar-refractivity contribution >= 4 is 16.8 Å². The SMILES string of the molecule is CCn1nc(C)cc1C(=O)NC[C@H]1Cc2cc(-c3cnc4ccccc4c3)cc(F)c2O1. The molecule has 0 unspecified atom stereocenters. The summed E-state index contributed by atoms with van der Waals surface area (Å²) in [6.07, 6.45) is 1.95. The lowest BCUT2D eigenvalue weighted by atomic mass is 10.0. The van der Waals surface area contributed by atoms with E-state index in [0.717, 1.165) is 33.3 Å². The molecule has 0 saturated heterocycles. The Morgan fingerprint density at radius 2 is 2.06 bits per heavy atom. The van der Waals surface area contributed by atoms with Gasteiger partial charge in [0.1, 0.15) is 11.8 Å². The Bertz CT molecular complexity index is 1330. The van der Waals surface area contributed by atoms with Crippen molar-refractivity contribution < 1.29 is 13.9 Å². The van der Waals surface area contributed by atoms with Crippen LogP contribution in [0.2, 0.25) is 0 Å². The third kappa shape index (κ3) is 3.70. The number of rotatable bonds is 5. The molecule has 6 nitrogen and oxygen atoms in total. The first-order chi connectivity index (χ1) is 15.5. The van der Waals surface area contributed by atoms with E-state index in [-0.39, 0.29) is 24.3 Å². The number of aromatic nitrogens is 3. The average molecular weight is 430 g/mol. The van der Waals surface area contributed by atoms with Crippen LogP contribution in [0.5, 0.6) is 5.75 Å². The molecular weight excluding hydrogens is 407 g/mol. The molecule has 1 atom stereocenters. The first-order valence-corrected chi connectivity index (χ1v) is 10.7. The van der Waals surface area contributed by atoms with E-state index in [1.807, 2.05) is 50.2 Å². The van der Waals surface area contributed by atoms with Crippen LogP contribution < -0.4 is 10.1 Å². The summed E-state index contributed by atoms with van der Waals surface area (Å²) in [5.41, 5.74) is 4.61. The van der Waals surface area contributed by atoms with Crippen molar-refractivity contribution in [1.82, 2.24) is 20.1 Å². The molecule has 1 aliphatic heterocycles. The van der Waals surface area contributed by atoms with Crippen LogP contribution in [0.1, 0.15) is 28.7 Å². The normalized spacial score (nSPS) is 14.9. The van der Waals surface area contributed by atoms with Crippen LogP contribution in [0.3, 0.4) is 0 Å². The first kappa shape index (κ1) is 20.2. The van der Waals surface area contributed by atoms with E-state index in [9.17, 15) is 9.18 Å². The molecule has 0 fully saturated rings. The largest absolute Gasteiger partial charge is 0.485 e. The molecule has 5 rings (SSSR count). The minimum atomic E-state index is -0.404. The van der Waals surface area contributed by atoms with Crippen molar-refractivity contribution in [2.24, 2.45) is 0 Å². The molecule has 2 aromatic heterocycles. The number of hydrogen-bond acceptors (Lipinski definition) is 4. The van der Waals surface area contributed by atoms with E-state index in [1.165, 1.54) is 6.07 Å². The van der Waals surface area contributed by atoms with Crippen molar-refractivity contribution in [1.29, 1.82) is 0 Å². The maximum atomic E-state index is 14.8. The smallest absolute Gasteiger partial charge is 0.269 e. The van der Waals surface area contributed by atoms with Crippen molar-refractivity contribution in [2.75, 3.05) is 6.54 Å². The Labute approximate surface area is 185 Å². The third-order valence-electron chi connectivity index (χ3n) is 5.70. The molecule has 3 heterocycles. The van der Waals surface area contributed by atoms with Gasteiger partial charge in [-0.3, -0.25) is 14.5 Å². The van der Waals surface area contributed by atoms with Crippen molar-refractivity contribution in [3.05, 3.63) is 77.5 Å². The molecule has 0 bridgehead atoms. The lowest BCUT2D eigenvalue weighted by Gasteiger charge is -2.12. The second-order valence-electron chi connectivity index (χ2n) is 8.00. The van der Waals surface area contributed by atoms with E-state index >= 15 is 0 Å². The summed E-state index contributed by atoms with van der Waals surface area (Å²) >= 11 is 0. The molecule has 4 aromatic rings. The highest BCUT2D eigenvalue weighted by atomic mass is 19.1. The van der Waals surface area contributed by atoms with E-state index in [4.69, 9.17) is 4.74 Å². The minimum absolute atomic E-state index is 0.213. The van der Waals surface area contributed by atoms with Gasteiger partial charge in [-0.1, -0.05) is 18.2 Å². The summed E-state index contributed by atoms with van der Waals surface area (Å²) in [5.74, 6) is -0.356. The van der Waals surface area contributed by atoms with Crippen LogP contribution in [0.25, 0.3) is 22.0 Å². The average Bonchev–Trinajstić information content (AvgIpc) is 3.40. The standard InChI is InChI=1S/C25H23FN4O2/c1-3-30-23(8-15(2)29-30)25(31)28-14-20-11-18-10-17(12-21(26)24(18)32-20)19-9-16-6-4-5-7-22(16)27-13-19/h4-10,12-13,20H,3,11,14H2,1-2H3,(H,28,31)/t20-/m1/s1. The maximum absolute atomic E-state index is 14.8. The number of carbonyl (C=O) groups excluding carboxylic acids is 1. The van der Waals surface area contributed by atoms with Crippen molar-refractivity contribution in [3.8, 4) is 16.9 Å². The molecule has 0 aliphatic carbocycles. The number of amides is 1. The Hall–Kier alpha value is -3.74. The van der Waals surface area contributed by atoms with E-state index < -0.39 is 5.82 Å². The van der Waals surface area contributed by atoms with Gasteiger partial charge in [0.05, 0.1) is 17.8 Å². The van der Waals surface area contributed by atoms with Gasteiger partial charge in [-0.05, 0) is 49.7 Å². The summed E-state index contributed by atoms with van der Waals surface area (Å²) in [4.78, 5) is 17.1. The predicted molar refractivity (Wildman–Crippen MR) is 120 cm³/mol. The highest BCUT2D eigenvalue weighted by molar-refractivity contribution is 5.92. The number of halogens is 1. The number of para-hydroxylation sites is 1. The van der Waals surface area contributed by atoms with E-state index in [2.05, 4.69) is 15.4 Å². The second kappa shape index (κ2) is 8.07. The Kier molecular flexibility index (Phi) is 5.09. The van der Waals surface area contributed by atoms with Crippen molar-refractivity contribution in [3.63, 3.8) is 0 Å². The highest BCUT2D eigenvalue weighted by Crippen LogP contribution is 2.36. The first-order valence-electron chi connectivity index (χ1n) is 10.7. The highest BCUT2D eigenvalue weighted by Gasteiger charge is 2.27. The Morgan fingerprint density at radius 1 is 1.22 bits per heavy atom. The molecule has 2 aromatic carbocycles. The van der Waals surface area contributed by atoms with Gasteiger partial charge in [0.25, 0.3) is 5.91 Å².